The van der Waals surface area contributed by atoms with Gasteiger partial charge in [0.05, 0.1) is 38.4 Å². The van der Waals surface area contributed by atoms with Gasteiger partial charge in [0.25, 0.3) is 11.8 Å². The van der Waals surface area contributed by atoms with Crippen LogP contribution in [0.1, 0.15) is 31.8 Å². The van der Waals surface area contributed by atoms with Crippen LogP contribution in [0.5, 0.6) is 0 Å². The van der Waals surface area contributed by atoms with Gasteiger partial charge in [0.2, 0.25) is 0 Å². The second-order valence-electron chi connectivity index (χ2n) is 10.0. The number of nitrogens with zero attached hydrogens (tertiary/aromatic N) is 3. The lowest BCUT2D eigenvalue weighted by molar-refractivity contribution is 0.0746. The van der Waals surface area contributed by atoms with E-state index < -0.39 is 10.8 Å². The Morgan fingerprint density at radius 2 is 1.55 bits per heavy atom. The number of carbonyl (C=O) groups excluding carboxylic acids is 2. The van der Waals surface area contributed by atoms with Gasteiger partial charge in [-0.1, -0.05) is 60.1 Å². The first kappa shape index (κ1) is 26.3. The van der Waals surface area contributed by atoms with Gasteiger partial charge in [0.1, 0.15) is 0 Å². The van der Waals surface area contributed by atoms with Gasteiger partial charge in [0, 0.05) is 42.5 Å². The van der Waals surface area contributed by atoms with E-state index in [0.29, 0.717) is 64.4 Å². The van der Waals surface area contributed by atoms with Crippen molar-refractivity contribution in [3.63, 3.8) is 0 Å². The maximum Gasteiger partial charge on any atom is 0.259 e. The molecule has 0 bridgehead atoms. The summed E-state index contributed by atoms with van der Waals surface area (Å²) in [4.78, 5) is 34.3. The van der Waals surface area contributed by atoms with E-state index in [1.807, 2.05) is 53.4 Å². The van der Waals surface area contributed by atoms with Gasteiger partial charge < -0.3 is 14.7 Å². The predicted molar refractivity (Wildman–Crippen MR) is 159 cm³/mol. The minimum Gasteiger partial charge on any atom is -0.368 e. The van der Waals surface area contributed by atoms with Crippen LogP contribution in [0.15, 0.2) is 101 Å². The molecule has 4 aromatic carbocycles. The van der Waals surface area contributed by atoms with Gasteiger partial charge in [-0.15, -0.1) is 0 Å². The number of amides is 2. The first-order chi connectivity index (χ1) is 19.4. The van der Waals surface area contributed by atoms with E-state index in [1.54, 1.807) is 47.4 Å². The smallest absolute Gasteiger partial charge is 0.259 e. The summed E-state index contributed by atoms with van der Waals surface area (Å²) in [6, 6.07) is 27.8. The first-order valence-corrected chi connectivity index (χ1v) is 14.7. The van der Waals surface area contributed by atoms with E-state index in [4.69, 9.17) is 11.6 Å². The van der Waals surface area contributed by atoms with Crippen LogP contribution in [0.2, 0.25) is 5.02 Å². The van der Waals surface area contributed by atoms with E-state index in [-0.39, 0.29) is 11.8 Å². The van der Waals surface area contributed by atoms with Gasteiger partial charge in [-0.05, 0) is 60.5 Å². The number of carbonyl (C=O) groups is 2. The fraction of sp³-hybridized carbons (Fsp3) is 0.188. The van der Waals surface area contributed by atoms with Crippen molar-refractivity contribution in [2.75, 3.05) is 36.0 Å². The van der Waals surface area contributed by atoms with E-state index >= 15 is 0 Å². The number of benzene rings is 4. The zero-order valence-corrected chi connectivity index (χ0v) is 23.6. The Balaban J connectivity index is 1.31. The number of piperazine rings is 1. The van der Waals surface area contributed by atoms with Gasteiger partial charge in [-0.25, -0.2) is 4.21 Å². The molecule has 0 aliphatic carbocycles. The molecule has 0 N–H and O–H groups in total. The molecule has 0 spiro atoms. The molecule has 0 radical (unpaired) electrons. The summed E-state index contributed by atoms with van der Waals surface area (Å²) in [6.45, 7) is 4.86. The molecule has 8 heteroatoms. The minimum atomic E-state index is -1.57. The summed E-state index contributed by atoms with van der Waals surface area (Å²) in [5.74, 6) is -0.341. The van der Waals surface area contributed by atoms with Crippen molar-refractivity contribution in [2.45, 2.75) is 23.3 Å². The molecular formula is C32H28ClN3O3S. The molecule has 40 heavy (non-hydrogen) atoms. The number of anilines is 2. The molecule has 1 unspecified atom stereocenters. The Bertz CT molecular complexity index is 1630. The third-order valence-corrected chi connectivity index (χ3v) is 9.26. The van der Waals surface area contributed by atoms with Crippen molar-refractivity contribution in [3.8, 4) is 0 Å². The predicted octanol–water partition coefficient (Wildman–Crippen LogP) is 5.94. The monoisotopic (exact) mass is 569 g/mol. The molecule has 6 rings (SSSR count). The molecule has 6 nitrogen and oxygen atoms in total. The lowest BCUT2D eigenvalue weighted by Gasteiger charge is -2.37. The zero-order valence-electron chi connectivity index (χ0n) is 22.0. The van der Waals surface area contributed by atoms with E-state index in [9.17, 15) is 13.8 Å². The number of hydrogen-bond acceptors (Lipinski definition) is 4. The van der Waals surface area contributed by atoms with Gasteiger partial charge in [-0.3, -0.25) is 9.59 Å². The molecule has 2 amide bonds. The average Bonchev–Trinajstić information content (AvgIpc) is 3.08. The quantitative estimate of drug-likeness (QED) is 0.305. The summed E-state index contributed by atoms with van der Waals surface area (Å²) in [7, 11) is -1.57. The van der Waals surface area contributed by atoms with Crippen LogP contribution in [0.3, 0.4) is 0 Å². The Labute approximate surface area is 241 Å². The third-order valence-electron chi connectivity index (χ3n) is 7.52. The van der Waals surface area contributed by atoms with E-state index in [0.717, 1.165) is 16.8 Å². The fourth-order valence-corrected chi connectivity index (χ4v) is 6.89. The highest BCUT2D eigenvalue weighted by Gasteiger charge is 2.32. The number of hydrogen-bond donors (Lipinski definition) is 0. The molecule has 4 aromatic rings. The number of fused-ring (bicyclic) bond motifs is 2. The average molecular weight is 570 g/mol. The van der Waals surface area contributed by atoms with Crippen LogP contribution < -0.4 is 9.80 Å². The molecule has 0 aromatic heterocycles. The standard InChI is InChI=1S/C32H28ClN3O3S/c1-22-11-13-25(33)20-27(22)34-15-17-35(18-16-34)31(37)24-12-14-30-28(19-24)36(21-23-7-3-2-4-8-23)32(38)26-9-5-6-10-29(26)40(30)39/h2-14,19-20H,15-18,21H2,1H3. The van der Waals surface area contributed by atoms with Gasteiger partial charge >= 0.3 is 0 Å². The van der Waals surface area contributed by atoms with Crippen molar-refractivity contribution in [3.05, 3.63) is 118 Å². The Hall–Kier alpha value is -3.94. The van der Waals surface area contributed by atoms with Crippen molar-refractivity contribution in [1.29, 1.82) is 0 Å². The second-order valence-corrected chi connectivity index (χ2v) is 11.9. The number of rotatable bonds is 4. The van der Waals surface area contributed by atoms with Crippen LogP contribution in [0.25, 0.3) is 0 Å². The Kier molecular flexibility index (Phi) is 7.17. The third kappa shape index (κ3) is 4.91. The van der Waals surface area contributed by atoms with Gasteiger partial charge in [-0.2, -0.15) is 0 Å². The molecule has 2 heterocycles. The highest BCUT2D eigenvalue weighted by molar-refractivity contribution is 7.85. The summed E-state index contributed by atoms with van der Waals surface area (Å²) in [5, 5.41) is 0.693. The van der Waals surface area contributed by atoms with Crippen LogP contribution >= 0.6 is 11.6 Å². The van der Waals surface area contributed by atoms with Crippen molar-refractivity contribution in [1.82, 2.24) is 4.90 Å². The topological polar surface area (TPSA) is 60.9 Å². The van der Waals surface area contributed by atoms with Crippen molar-refractivity contribution >= 4 is 45.6 Å². The molecule has 2 aliphatic rings. The maximum absolute atomic E-state index is 13.8. The second kappa shape index (κ2) is 10.9. The molecular weight excluding hydrogens is 542 g/mol. The van der Waals surface area contributed by atoms with Crippen LogP contribution in [-0.4, -0.2) is 47.1 Å². The van der Waals surface area contributed by atoms with Crippen molar-refractivity contribution in [2.24, 2.45) is 0 Å². The van der Waals surface area contributed by atoms with E-state index in [2.05, 4.69) is 11.8 Å². The molecule has 1 saturated heterocycles. The summed E-state index contributed by atoms with van der Waals surface area (Å²) < 4.78 is 13.7. The number of aryl methyl sites for hydroxylation is 1. The highest BCUT2D eigenvalue weighted by Crippen LogP contribution is 2.36. The minimum absolute atomic E-state index is 0.107. The Morgan fingerprint density at radius 3 is 2.33 bits per heavy atom. The lowest BCUT2D eigenvalue weighted by Crippen LogP contribution is -2.49. The zero-order chi connectivity index (χ0) is 27.8. The molecule has 0 saturated carbocycles. The molecule has 2 aliphatic heterocycles. The normalized spacial score (nSPS) is 16.8. The lowest BCUT2D eigenvalue weighted by atomic mass is 10.1. The summed E-state index contributed by atoms with van der Waals surface area (Å²) in [6.07, 6.45) is 0. The number of halogens is 1. The van der Waals surface area contributed by atoms with Crippen molar-refractivity contribution < 1.29 is 13.8 Å². The highest BCUT2D eigenvalue weighted by atomic mass is 35.5. The summed E-state index contributed by atoms with van der Waals surface area (Å²) in [5.41, 5.74) is 4.56. The molecule has 1 atom stereocenters. The van der Waals surface area contributed by atoms with Gasteiger partial charge in [0.15, 0.2) is 0 Å². The largest absolute Gasteiger partial charge is 0.368 e. The fourth-order valence-electron chi connectivity index (χ4n) is 5.38. The molecule has 1 fully saturated rings. The van der Waals surface area contributed by atoms with Crippen LogP contribution in [-0.2, 0) is 17.3 Å². The Morgan fingerprint density at radius 1 is 0.825 bits per heavy atom. The molecule has 202 valence electrons. The SMILES string of the molecule is Cc1ccc(Cl)cc1N1CCN(C(=O)c2ccc3c(c2)N(Cc2ccccc2)C(=O)c2ccccc2S3=O)CC1. The summed E-state index contributed by atoms with van der Waals surface area (Å²) >= 11 is 6.24. The first-order valence-electron chi connectivity index (χ1n) is 13.2. The van der Waals surface area contributed by atoms with Crippen LogP contribution in [0, 0.1) is 6.92 Å². The van der Waals surface area contributed by atoms with Crippen LogP contribution in [0.4, 0.5) is 11.4 Å². The maximum atomic E-state index is 13.8. The van der Waals surface area contributed by atoms with E-state index in [1.165, 1.54) is 0 Å².